The first-order chi connectivity index (χ1) is 9.65. The molecule has 0 radical (unpaired) electrons. The zero-order valence-corrected chi connectivity index (χ0v) is 10.8. The molecule has 2 aromatic heterocycles. The third kappa shape index (κ3) is 2.14. The Bertz CT molecular complexity index is 784. The van der Waals surface area contributed by atoms with E-state index in [1.165, 1.54) is 12.1 Å². The second-order valence-electron chi connectivity index (χ2n) is 3.99. The fourth-order valence-corrected chi connectivity index (χ4v) is 2.02. The zero-order chi connectivity index (χ0) is 14.1. The van der Waals surface area contributed by atoms with E-state index in [0.29, 0.717) is 22.4 Å². The van der Waals surface area contributed by atoms with Crippen molar-refractivity contribution in [3.8, 4) is 0 Å². The van der Waals surface area contributed by atoms with Crippen LogP contribution in [0, 0.1) is 10.1 Å². The summed E-state index contributed by atoms with van der Waals surface area (Å²) in [4.78, 5) is 10.1. The Kier molecular flexibility index (Phi) is 2.96. The van der Waals surface area contributed by atoms with Crippen molar-refractivity contribution in [3.05, 3.63) is 57.7 Å². The summed E-state index contributed by atoms with van der Waals surface area (Å²) in [5.74, 6) is 0.444. The van der Waals surface area contributed by atoms with Gasteiger partial charge in [0.05, 0.1) is 4.92 Å². The Labute approximate surface area is 118 Å². The Balaban J connectivity index is 1.95. The van der Waals surface area contributed by atoms with Gasteiger partial charge in [-0.1, -0.05) is 17.7 Å². The summed E-state index contributed by atoms with van der Waals surface area (Å²) in [6.07, 6.45) is 0. The van der Waals surface area contributed by atoms with Gasteiger partial charge < -0.3 is 5.32 Å². The minimum Gasteiger partial charge on any atom is -0.324 e. The number of pyridine rings is 1. The number of nitro groups is 1. The van der Waals surface area contributed by atoms with Crippen molar-refractivity contribution in [2.75, 3.05) is 5.32 Å². The van der Waals surface area contributed by atoms with Crippen LogP contribution in [0.1, 0.15) is 0 Å². The molecule has 0 amide bonds. The fourth-order valence-electron chi connectivity index (χ4n) is 1.78. The van der Waals surface area contributed by atoms with E-state index < -0.39 is 4.92 Å². The number of fused-ring (bicyclic) bond motifs is 1. The highest BCUT2D eigenvalue weighted by molar-refractivity contribution is 6.29. The van der Waals surface area contributed by atoms with Crippen LogP contribution >= 0.6 is 11.6 Å². The standard InChI is InChI=1S/C12H8ClN5O2/c13-10-2-1-3-11-15-16-12(17(10)11)14-8-4-6-9(7-5-8)18(19)20/h1-7H,(H,14,16). The normalized spacial score (nSPS) is 10.7. The van der Waals surface area contributed by atoms with E-state index in [-0.39, 0.29) is 5.69 Å². The van der Waals surface area contributed by atoms with Crippen LogP contribution in [0.2, 0.25) is 5.15 Å². The SMILES string of the molecule is O=[N+]([O-])c1ccc(Nc2nnc3cccc(Cl)n23)cc1. The van der Waals surface area contributed by atoms with Gasteiger partial charge in [-0.3, -0.25) is 14.5 Å². The highest BCUT2D eigenvalue weighted by Crippen LogP contribution is 2.21. The van der Waals surface area contributed by atoms with Crippen LogP contribution in [0.3, 0.4) is 0 Å². The largest absolute Gasteiger partial charge is 0.324 e. The number of aromatic nitrogens is 3. The average Bonchev–Trinajstić information content (AvgIpc) is 2.84. The third-order valence-electron chi connectivity index (χ3n) is 2.72. The smallest absolute Gasteiger partial charge is 0.269 e. The third-order valence-corrected chi connectivity index (χ3v) is 3.01. The van der Waals surface area contributed by atoms with Crippen LogP contribution < -0.4 is 5.32 Å². The van der Waals surface area contributed by atoms with Crippen LogP contribution in [-0.2, 0) is 0 Å². The monoisotopic (exact) mass is 289 g/mol. The van der Waals surface area contributed by atoms with Gasteiger partial charge in [-0.2, -0.15) is 0 Å². The average molecular weight is 290 g/mol. The molecular weight excluding hydrogens is 282 g/mol. The van der Waals surface area contributed by atoms with E-state index in [1.54, 1.807) is 34.7 Å². The quantitative estimate of drug-likeness (QED) is 0.455. The lowest BCUT2D eigenvalue weighted by Gasteiger charge is -2.05. The number of nitrogens with one attached hydrogen (secondary N) is 1. The highest BCUT2D eigenvalue weighted by atomic mass is 35.5. The summed E-state index contributed by atoms with van der Waals surface area (Å²) in [5.41, 5.74) is 1.30. The first-order valence-corrected chi connectivity index (χ1v) is 6.04. The second-order valence-corrected chi connectivity index (χ2v) is 4.38. The van der Waals surface area contributed by atoms with Crippen molar-refractivity contribution in [2.24, 2.45) is 0 Å². The van der Waals surface area contributed by atoms with Crippen LogP contribution in [0.5, 0.6) is 0 Å². The summed E-state index contributed by atoms with van der Waals surface area (Å²) in [5, 5.41) is 22.0. The maximum atomic E-state index is 10.6. The van der Waals surface area contributed by atoms with Gasteiger partial charge in [-0.25, -0.2) is 0 Å². The fraction of sp³-hybridized carbons (Fsp3) is 0. The number of halogens is 1. The van der Waals surface area contributed by atoms with E-state index >= 15 is 0 Å². The van der Waals surface area contributed by atoms with Crippen molar-refractivity contribution < 1.29 is 4.92 Å². The number of nitrogens with zero attached hydrogens (tertiary/aromatic N) is 4. The van der Waals surface area contributed by atoms with Crippen molar-refractivity contribution >= 4 is 34.6 Å². The van der Waals surface area contributed by atoms with Crippen LogP contribution in [0.4, 0.5) is 17.3 Å². The molecule has 100 valence electrons. The molecule has 0 saturated carbocycles. The minimum absolute atomic E-state index is 0.0275. The maximum Gasteiger partial charge on any atom is 0.269 e. The first kappa shape index (κ1) is 12.4. The number of hydrogen-bond donors (Lipinski definition) is 1. The molecule has 0 saturated heterocycles. The molecule has 0 atom stereocenters. The van der Waals surface area contributed by atoms with E-state index in [0.717, 1.165) is 0 Å². The van der Waals surface area contributed by atoms with Crippen LogP contribution in [0.15, 0.2) is 42.5 Å². The van der Waals surface area contributed by atoms with Gasteiger partial charge in [-0.05, 0) is 24.3 Å². The number of benzene rings is 1. The Hall–Kier alpha value is -2.67. The molecule has 0 fully saturated rings. The number of anilines is 2. The van der Waals surface area contributed by atoms with Crippen molar-refractivity contribution in [1.82, 2.24) is 14.6 Å². The molecular formula is C12H8ClN5O2. The molecule has 3 aromatic rings. The highest BCUT2D eigenvalue weighted by Gasteiger charge is 2.09. The zero-order valence-electron chi connectivity index (χ0n) is 10.0. The molecule has 1 aromatic carbocycles. The van der Waals surface area contributed by atoms with E-state index in [1.807, 2.05) is 0 Å². The Morgan fingerprint density at radius 1 is 1.15 bits per heavy atom. The van der Waals surface area contributed by atoms with Gasteiger partial charge in [-0.15, -0.1) is 10.2 Å². The number of rotatable bonds is 3. The minimum atomic E-state index is -0.451. The molecule has 0 aliphatic carbocycles. The Morgan fingerprint density at radius 2 is 1.90 bits per heavy atom. The molecule has 2 heterocycles. The second kappa shape index (κ2) is 4.78. The molecule has 3 rings (SSSR count). The molecule has 0 unspecified atom stereocenters. The van der Waals surface area contributed by atoms with Gasteiger partial charge in [0.1, 0.15) is 5.15 Å². The van der Waals surface area contributed by atoms with Crippen molar-refractivity contribution in [3.63, 3.8) is 0 Å². The lowest BCUT2D eigenvalue weighted by Crippen LogP contribution is -1.98. The summed E-state index contributed by atoms with van der Waals surface area (Å²) in [6.45, 7) is 0. The topological polar surface area (TPSA) is 85.4 Å². The van der Waals surface area contributed by atoms with Crippen LogP contribution in [-0.4, -0.2) is 19.5 Å². The van der Waals surface area contributed by atoms with Gasteiger partial charge in [0.25, 0.3) is 5.69 Å². The lowest BCUT2D eigenvalue weighted by molar-refractivity contribution is -0.384. The van der Waals surface area contributed by atoms with Crippen LogP contribution in [0.25, 0.3) is 5.65 Å². The first-order valence-electron chi connectivity index (χ1n) is 5.66. The summed E-state index contributed by atoms with van der Waals surface area (Å²) in [7, 11) is 0. The van der Waals surface area contributed by atoms with E-state index in [4.69, 9.17) is 11.6 Å². The van der Waals surface area contributed by atoms with Gasteiger partial charge in [0.2, 0.25) is 5.95 Å². The number of nitro benzene ring substituents is 1. The number of non-ortho nitro benzene ring substituents is 1. The molecule has 8 heteroatoms. The lowest BCUT2D eigenvalue weighted by atomic mass is 10.3. The van der Waals surface area contributed by atoms with Gasteiger partial charge >= 0.3 is 0 Å². The molecule has 0 aliphatic heterocycles. The molecule has 20 heavy (non-hydrogen) atoms. The molecule has 0 aliphatic rings. The van der Waals surface area contributed by atoms with Crippen molar-refractivity contribution in [1.29, 1.82) is 0 Å². The maximum absolute atomic E-state index is 10.6. The number of hydrogen-bond acceptors (Lipinski definition) is 5. The predicted molar refractivity (Wildman–Crippen MR) is 74.4 cm³/mol. The van der Waals surface area contributed by atoms with E-state index in [2.05, 4.69) is 15.5 Å². The molecule has 0 bridgehead atoms. The van der Waals surface area contributed by atoms with E-state index in [9.17, 15) is 10.1 Å². The Morgan fingerprint density at radius 3 is 2.60 bits per heavy atom. The van der Waals surface area contributed by atoms with Gasteiger partial charge in [0, 0.05) is 17.8 Å². The molecule has 7 nitrogen and oxygen atoms in total. The summed E-state index contributed by atoms with van der Waals surface area (Å²) >= 11 is 6.09. The van der Waals surface area contributed by atoms with Crippen molar-refractivity contribution in [2.45, 2.75) is 0 Å². The molecule has 0 spiro atoms. The predicted octanol–water partition coefficient (Wildman–Crippen LogP) is 3.03. The summed E-state index contributed by atoms with van der Waals surface area (Å²) < 4.78 is 1.64. The van der Waals surface area contributed by atoms with Gasteiger partial charge in [0.15, 0.2) is 5.65 Å². The summed E-state index contributed by atoms with van der Waals surface area (Å²) in [6, 6.07) is 11.3. The molecule has 1 N–H and O–H groups in total.